The van der Waals surface area contributed by atoms with Gasteiger partial charge < -0.3 is 9.14 Å². The lowest BCUT2D eigenvalue weighted by molar-refractivity contribution is 0.353. The molecule has 0 unspecified atom stereocenters. The number of pyridine rings is 1. The van der Waals surface area contributed by atoms with Gasteiger partial charge in [0.25, 0.3) is 0 Å². The van der Waals surface area contributed by atoms with Crippen molar-refractivity contribution in [1.29, 1.82) is 0 Å². The molecule has 0 aliphatic heterocycles. The molecule has 3 rings (SSSR count). The lowest BCUT2D eigenvalue weighted by Gasteiger charge is -2.07. The molecule has 0 aliphatic carbocycles. The molecule has 0 bridgehead atoms. The van der Waals surface area contributed by atoms with Crippen LogP contribution in [0.2, 0.25) is 5.02 Å². The van der Waals surface area contributed by atoms with Crippen LogP contribution in [-0.2, 0) is 5.88 Å². The summed E-state index contributed by atoms with van der Waals surface area (Å²) in [6.45, 7) is 6.27. The number of hydrogen-bond donors (Lipinski definition) is 0. The van der Waals surface area contributed by atoms with E-state index < -0.39 is 0 Å². The van der Waals surface area contributed by atoms with E-state index in [0.29, 0.717) is 17.5 Å². The molecule has 0 atom stereocenters. The maximum Gasteiger partial charge on any atom is 0.137 e. The number of imidazole rings is 1. The van der Waals surface area contributed by atoms with Gasteiger partial charge in [0.15, 0.2) is 0 Å². The maximum absolute atomic E-state index is 6.13. The molecule has 0 saturated carbocycles. The largest absolute Gasteiger partial charge is 0.489 e. The average Bonchev–Trinajstić information content (AvgIpc) is 2.91. The van der Waals surface area contributed by atoms with E-state index in [1.807, 2.05) is 53.9 Å². The molecule has 0 N–H and O–H groups in total. The Morgan fingerprint density at radius 1 is 1.22 bits per heavy atom. The van der Waals surface area contributed by atoms with Gasteiger partial charge in [-0.15, -0.1) is 11.6 Å². The highest BCUT2D eigenvalue weighted by molar-refractivity contribution is 6.30. The van der Waals surface area contributed by atoms with Gasteiger partial charge in [-0.3, -0.25) is 0 Å². The number of aromatic nitrogens is 2. The number of nitrogens with zero attached hydrogens (tertiary/aromatic N) is 2. The second kappa shape index (κ2) is 6.65. The third-order valence-electron chi connectivity index (χ3n) is 3.42. The van der Waals surface area contributed by atoms with E-state index in [0.717, 1.165) is 33.9 Å². The zero-order valence-electron chi connectivity index (χ0n) is 12.7. The molecule has 0 aliphatic rings. The van der Waals surface area contributed by atoms with Gasteiger partial charge in [-0.25, -0.2) is 4.98 Å². The Bertz CT molecular complexity index is 853. The van der Waals surface area contributed by atoms with Gasteiger partial charge in [-0.05, 0) is 48.9 Å². The summed E-state index contributed by atoms with van der Waals surface area (Å²) in [7, 11) is 0. The van der Waals surface area contributed by atoms with Gasteiger partial charge in [0, 0.05) is 11.8 Å². The van der Waals surface area contributed by atoms with Crippen molar-refractivity contribution in [3.05, 3.63) is 65.5 Å². The third-order valence-corrected chi connectivity index (χ3v) is 3.90. The average molecular weight is 347 g/mol. The predicted octanol–water partition coefficient (Wildman–Crippen LogP) is 5.35. The summed E-state index contributed by atoms with van der Waals surface area (Å²) in [5.74, 6) is 1.15. The van der Waals surface area contributed by atoms with Crippen LogP contribution in [0.4, 0.5) is 0 Å². The van der Waals surface area contributed by atoms with Gasteiger partial charge in [0.2, 0.25) is 0 Å². The van der Waals surface area contributed by atoms with Gasteiger partial charge in [0.1, 0.15) is 18.0 Å². The first-order valence-electron chi connectivity index (χ1n) is 7.18. The summed E-state index contributed by atoms with van der Waals surface area (Å²) in [6.07, 6.45) is 1.83. The summed E-state index contributed by atoms with van der Waals surface area (Å²) in [6, 6.07) is 11.5. The number of fused-ring (bicyclic) bond motifs is 1. The second-order valence-electron chi connectivity index (χ2n) is 5.39. The van der Waals surface area contributed by atoms with Crippen LogP contribution >= 0.6 is 23.2 Å². The van der Waals surface area contributed by atoms with Crippen LogP contribution in [0.3, 0.4) is 0 Å². The van der Waals surface area contributed by atoms with Gasteiger partial charge >= 0.3 is 0 Å². The number of benzene rings is 1. The van der Waals surface area contributed by atoms with Crippen LogP contribution < -0.4 is 4.74 Å². The molecular formula is C18H16Cl2N2O. The number of rotatable bonds is 5. The van der Waals surface area contributed by atoms with E-state index in [9.17, 15) is 0 Å². The lowest BCUT2D eigenvalue weighted by atomic mass is 10.1. The van der Waals surface area contributed by atoms with Crippen molar-refractivity contribution in [1.82, 2.24) is 9.38 Å². The molecule has 3 aromatic rings. The molecule has 5 heteroatoms. The highest BCUT2D eigenvalue weighted by atomic mass is 35.5. The topological polar surface area (TPSA) is 26.5 Å². The predicted molar refractivity (Wildman–Crippen MR) is 95.5 cm³/mol. The Morgan fingerprint density at radius 2 is 1.96 bits per heavy atom. The Hall–Kier alpha value is -1.97. The fourth-order valence-electron chi connectivity index (χ4n) is 2.34. The van der Waals surface area contributed by atoms with E-state index >= 15 is 0 Å². The standard InChI is InChI=1S/C18H16Cl2N2O/c1-12(2)11-23-15-6-3-13(4-7-15)18-16(9-19)22-10-14(20)5-8-17(22)21-18/h3-8,10H,1,9,11H2,2H3. The minimum Gasteiger partial charge on any atom is -0.489 e. The minimum atomic E-state index is 0.352. The summed E-state index contributed by atoms with van der Waals surface area (Å²) in [5.41, 5.74) is 4.56. The maximum atomic E-state index is 6.13. The molecule has 2 aromatic heterocycles. The minimum absolute atomic E-state index is 0.352. The Kier molecular flexibility index (Phi) is 4.60. The SMILES string of the molecule is C=C(C)COc1ccc(-c2nc3ccc(Cl)cn3c2CCl)cc1. The van der Waals surface area contributed by atoms with Crippen LogP contribution in [0.15, 0.2) is 54.7 Å². The molecule has 0 saturated heterocycles. The Morgan fingerprint density at radius 3 is 2.61 bits per heavy atom. The van der Waals surface area contributed by atoms with E-state index in [2.05, 4.69) is 11.6 Å². The van der Waals surface area contributed by atoms with Gasteiger partial charge in [-0.2, -0.15) is 0 Å². The van der Waals surface area contributed by atoms with Crippen molar-refractivity contribution in [3.63, 3.8) is 0 Å². The van der Waals surface area contributed by atoms with Crippen LogP contribution in [0, 0.1) is 0 Å². The monoisotopic (exact) mass is 346 g/mol. The van der Waals surface area contributed by atoms with Crippen molar-refractivity contribution in [2.45, 2.75) is 12.8 Å². The fraction of sp³-hybridized carbons (Fsp3) is 0.167. The molecule has 0 fully saturated rings. The first kappa shape index (κ1) is 15.9. The number of alkyl halides is 1. The van der Waals surface area contributed by atoms with Crippen molar-refractivity contribution in [2.24, 2.45) is 0 Å². The Balaban J connectivity index is 1.98. The number of ether oxygens (including phenoxy) is 1. The van der Waals surface area contributed by atoms with Gasteiger partial charge in [0.05, 0.1) is 22.3 Å². The van der Waals surface area contributed by atoms with Crippen LogP contribution in [-0.4, -0.2) is 16.0 Å². The van der Waals surface area contributed by atoms with E-state index in [1.54, 1.807) is 0 Å². The molecule has 118 valence electrons. The molecule has 0 radical (unpaired) electrons. The quantitative estimate of drug-likeness (QED) is 0.459. The molecule has 23 heavy (non-hydrogen) atoms. The first-order valence-corrected chi connectivity index (χ1v) is 8.10. The van der Waals surface area contributed by atoms with Crippen molar-refractivity contribution < 1.29 is 4.74 Å². The first-order chi connectivity index (χ1) is 11.1. The van der Waals surface area contributed by atoms with Crippen molar-refractivity contribution >= 4 is 28.8 Å². The number of halogens is 2. The normalized spacial score (nSPS) is 10.9. The molecule has 2 heterocycles. The van der Waals surface area contributed by atoms with E-state index in [1.165, 1.54) is 0 Å². The zero-order valence-corrected chi connectivity index (χ0v) is 14.2. The fourth-order valence-corrected chi connectivity index (χ4v) is 2.76. The Labute approximate surface area is 145 Å². The second-order valence-corrected chi connectivity index (χ2v) is 6.09. The lowest BCUT2D eigenvalue weighted by Crippen LogP contribution is -1.97. The smallest absolute Gasteiger partial charge is 0.137 e. The van der Waals surface area contributed by atoms with Crippen LogP contribution in [0.5, 0.6) is 5.75 Å². The molecular weight excluding hydrogens is 331 g/mol. The highest BCUT2D eigenvalue weighted by Gasteiger charge is 2.13. The summed E-state index contributed by atoms with van der Waals surface area (Å²) >= 11 is 12.2. The molecule has 3 nitrogen and oxygen atoms in total. The zero-order chi connectivity index (χ0) is 16.4. The third kappa shape index (κ3) is 3.36. The molecule has 1 aromatic carbocycles. The van der Waals surface area contributed by atoms with E-state index in [4.69, 9.17) is 27.9 Å². The molecule has 0 spiro atoms. The van der Waals surface area contributed by atoms with Crippen LogP contribution in [0.25, 0.3) is 16.9 Å². The summed E-state index contributed by atoms with van der Waals surface area (Å²) < 4.78 is 7.55. The van der Waals surface area contributed by atoms with Crippen LogP contribution in [0.1, 0.15) is 12.6 Å². The summed E-state index contributed by atoms with van der Waals surface area (Å²) in [5, 5.41) is 0.649. The van der Waals surface area contributed by atoms with Gasteiger partial charge in [-0.1, -0.05) is 18.2 Å². The van der Waals surface area contributed by atoms with Crippen molar-refractivity contribution in [3.8, 4) is 17.0 Å². The molecule has 0 amide bonds. The summed E-state index contributed by atoms with van der Waals surface area (Å²) in [4.78, 5) is 4.66. The number of hydrogen-bond acceptors (Lipinski definition) is 2. The van der Waals surface area contributed by atoms with E-state index in [-0.39, 0.29) is 0 Å². The highest BCUT2D eigenvalue weighted by Crippen LogP contribution is 2.28. The van der Waals surface area contributed by atoms with Crippen molar-refractivity contribution in [2.75, 3.05) is 6.61 Å².